The molecule has 2 fully saturated rings. The lowest BCUT2D eigenvalue weighted by atomic mass is 9.86. The summed E-state index contributed by atoms with van der Waals surface area (Å²) >= 11 is 0. The Labute approximate surface area is 847 Å². The van der Waals surface area contributed by atoms with Crippen molar-refractivity contribution < 1.29 is 133 Å². The SMILES string of the molecule is CCN1CCCc2cc3c(cc21)Oc1cc2c(cc1=C3c1ccccc1C(=O)N(C)CCCC(=O)NCCNC(=O)O[C@@H]1[C@H](O)[C@@H](COP(=O)(O)OP(=O)([O-])O)O[C@H]1n1cnc3c(N)ncnc31)CCC[N+]=2CC.CCN1CCCc2cc3c(cc21)Oc1cc2c(cc1=C3c1ccccc1C(=O)N(C)CCCC(=O)NCCNC(=O)O[C@H]1[C@@H](O)[C@H](n3cnc4c(N)ncnc43)O[C@@H]1COP(=O)(O)OP(=O)([O-])O)CCC[N+]=2CC. The average molecular weight is 2120 g/mol. The lowest BCUT2D eigenvalue weighted by Gasteiger charge is -2.33. The van der Waals surface area contributed by atoms with Crippen molar-refractivity contribution in [2.24, 2.45) is 0 Å². The maximum atomic E-state index is 14.5. The molecule has 12 heterocycles. The van der Waals surface area contributed by atoms with E-state index in [-0.39, 0.29) is 110 Å². The number of imidazole rings is 2. The number of hydrogen-bond donors (Lipinski definition) is 12. The van der Waals surface area contributed by atoms with Crippen LogP contribution in [0.4, 0.5) is 32.6 Å². The monoisotopic (exact) mass is 2120 g/mol. The fourth-order valence-corrected chi connectivity index (χ4v) is 23.2. The summed E-state index contributed by atoms with van der Waals surface area (Å²) in [6.45, 7) is 14.4. The van der Waals surface area contributed by atoms with Gasteiger partial charge in [0.1, 0.15) is 97.3 Å². The molecule has 4 aromatic heterocycles. The highest BCUT2D eigenvalue weighted by Crippen LogP contribution is 2.58. The van der Waals surface area contributed by atoms with Crippen LogP contribution in [0, 0.1) is 0 Å². The number of phosphoric acid groups is 4. The molecule has 0 aliphatic carbocycles. The van der Waals surface area contributed by atoms with E-state index in [4.69, 9.17) is 49.7 Å². The molecule has 0 bridgehead atoms. The number of aliphatic hydroxyl groups excluding tert-OH is 2. The molecule has 48 nitrogen and oxygen atoms in total. The second-order valence-electron chi connectivity index (χ2n) is 36.5. The van der Waals surface area contributed by atoms with Crippen molar-refractivity contribution in [2.75, 3.05) is 140 Å². The van der Waals surface area contributed by atoms with Crippen molar-refractivity contribution in [3.05, 3.63) is 199 Å². The predicted molar refractivity (Wildman–Crippen MR) is 531 cm³/mol. The number of anilines is 4. The maximum absolute atomic E-state index is 14.5. The Morgan fingerprint density at radius 3 is 1.36 bits per heavy atom. The smallest absolute Gasteiger partial charge is 0.478 e. The fourth-order valence-electron chi connectivity index (χ4n) is 20.1. The molecule has 12 atom stereocenters. The van der Waals surface area contributed by atoms with Crippen molar-refractivity contribution in [3.8, 4) is 23.0 Å². The van der Waals surface area contributed by atoms with Crippen molar-refractivity contribution in [3.63, 3.8) is 0 Å². The molecule has 0 saturated carbocycles. The predicted octanol–water partition coefficient (Wildman–Crippen LogP) is 3.21. The average Bonchev–Trinajstić information content (AvgIpc) is 0.939. The maximum Gasteiger partial charge on any atom is 0.478 e. The summed E-state index contributed by atoms with van der Waals surface area (Å²) in [5, 5.41) is 37.1. The lowest BCUT2D eigenvalue weighted by Crippen LogP contribution is -2.42. The standard InChI is InChI=1S/2C48H58N10O14P2/c1-4-56-19-8-11-28-21-32-36(23-34(28)56)69-37-24-35-29(12-9-20-57(35)5-2)22-33(37)40(32)30-13-6-7-14-31(30)46(61)55(3)18-10-15-39(59)50-16-17-51-48(62)71-43-38(25-68-74(66,67)72-73(63,64)65)70-47(42(43)60)58-27-54-41-44(49)52-26-53-45(41)58;1-4-56-19-8-11-28-21-32-36(23-34(28)56)69-37-24-35-29(12-9-20-57(35)5-2)22-33(37)40(32)30-13-6-7-14-31(30)46(61)55(3)18-10-15-39(59)50-16-17-51-48(62)71-43-42(60)38(25-68-74(66,67)72-73(63,64)65)70-47(43)58-27-54-41-44(49)52-26-53-45(41)58/h2*6-7,13-14,21-24,26-27,38,42-43,47,60H,4-5,8-12,15-20,25H2,1-3H3,(H6-,49,50,51,52,53,59,62,63,64,65,66,67)/t2*38-,42-,43-,47-/m11/s1. The molecule has 0 radical (unpaired) electrons. The van der Waals surface area contributed by atoms with Gasteiger partial charge < -0.3 is 120 Å². The van der Waals surface area contributed by atoms with E-state index in [0.717, 1.165) is 183 Å². The molecule has 8 aliphatic rings. The molecule has 6 aromatic carbocycles. The number of nitrogens with two attached hydrogens (primary N) is 2. The Balaban J connectivity index is 0.000000202. The summed E-state index contributed by atoms with van der Waals surface area (Å²) in [6.07, 6.45) is -1.24. The minimum Gasteiger partial charge on any atom is -0.756 e. The minimum atomic E-state index is -5.73. The van der Waals surface area contributed by atoms with Crippen molar-refractivity contribution in [2.45, 2.75) is 154 Å². The molecule has 0 spiro atoms. The molecule has 2 saturated heterocycles. The van der Waals surface area contributed by atoms with Crippen molar-refractivity contribution in [1.82, 2.24) is 79.3 Å². The molecular weight excluding hydrogens is 2010 g/mol. The number of rotatable bonds is 36. The fraction of sp³-hybridized carbons (Fsp3) is 0.438. The van der Waals surface area contributed by atoms with Crippen molar-refractivity contribution >= 4 is 124 Å². The molecule has 148 heavy (non-hydrogen) atoms. The van der Waals surface area contributed by atoms with Crippen LogP contribution >= 0.6 is 31.3 Å². The highest BCUT2D eigenvalue weighted by Gasteiger charge is 2.52. The van der Waals surface area contributed by atoms with Crippen LogP contribution in [0.2, 0.25) is 0 Å². The number of ether oxygens (including phenoxy) is 6. The van der Waals surface area contributed by atoms with E-state index in [2.05, 4.69) is 164 Å². The van der Waals surface area contributed by atoms with Gasteiger partial charge in [0, 0.05) is 184 Å². The number of nitrogens with one attached hydrogen (secondary N) is 4. The lowest BCUT2D eigenvalue weighted by molar-refractivity contribution is -0.214. The van der Waals surface area contributed by atoms with Gasteiger partial charge in [0.15, 0.2) is 47.6 Å². The largest absolute Gasteiger partial charge is 0.756 e. The Morgan fingerprint density at radius 1 is 0.500 bits per heavy atom. The van der Waals surface area contributed by atoms with E-state index < -0.39 is 106 Å². The Bertz CT molecular complexity index is 7290. The molecule has 788 valence electrons. The molecule has 6 amide bonds. The first kappa shape index (κ1) is 107. The van der Waals surface area contributed by atoms with Crippen molar-refractivity contribution in [1.29, 1.82) is 0 Å². The topological polar surface area (TPSA) is 637 Å². The first-order chi connectivity index (χ1) is 70.9. The first-order valence-electron chi connectivity index (χ1n) is 48.7. The molecule has 52 heteroatoms. The number of carbonyl (C=O) groups excluding carboxylic acids is 6. The molecule has 10 aromatic rings. The van der Waals surface area contributed by atoms with Gasteiger partial charge in [-0.15, -0.1) is 0 Å². The number of hydrogen-bond acceptors (Lipinski definition) is 34. The second kappa shape index (κ2) is 45.4. The van der Waals surface area contributed by atoms with Crippen LogP contribution in [-0.4, -0.2) is 270 Å². The number of fused-ring (bicyclic) bond motifs is 10. The summed E-state index contributed by atoms with van der Waals surface area (Å²) in [5.41, 5.74) is 26.1. The highest BCUT2D eigenvalue weighted by atomic mass is 31.3. The van der Waals surface area contributed by atoms with Gasteiger partial charge in [-0.25, -0.2) is 66.4 Å². The van der Waals surface area contributed by atoms with E-state index in [1.54, 1.807) is 23.9 Å². The molecule has 8 aliphatic heterocycles. The van der Waals surface area contributed by atoms with Gasteiger partial charge in [0.25, 0.3) is 27.5 Å². The first-order valence-corrected chi connectivity index (χ1v) is 54.7. The van der Waals surface area contributed by atoms with Crippen LogP contribution in [0.5, 0.6) is 23.0 Å². The van der Waals surface area contributed by atoms with Gasteiger partial charge in [-0.3, -0.25) is 46.5 Å². The number of aryl methyl sites for hydroxylation is 4. The third-order valence-corrected chi connectivity index (χ3v) is 31.3. The third-order valence-electron chi connectivity index (χ3n) is 27.0. The van der Waals surface area contributed by atoms with Crippen LogP contribution in [-0.2, 0) is 90.1 Å². The van der Waals surface area contributed by atoms with Crippen LogP contribution in [0.25, 0.3) is 33.5 Å². The number of nitrogen functional groups attached to an aromatic ring is 2. The van der Waals surface area contributed by atoms with Crippen LogP contribution < -0.4 is 92.1 Å². The van der Waals surface area contributed by atoms with E-state index in [0.29, 0.717) is 24.0 Å². The van der Waals surface area contributed by atoms with Gasteiger partial charge in [-0.2, -0.15) is 0 Å². The van der Waals surface area contributed by atoms with Gasteiger partial charge in [0.2, 0.25) is 22.5 Å². The van der Waals surface area contributed by atoms with E-state index in [9.17, 15) is 76.8 Å². The van der Waals surface area contributed by atoms with Gasteiger partial charge in [0.05, 0.1) is 38.0 Å². The summed E-state index contributed by atoms with van der Waals surface area (Å²) in [6, 6.07) is 32.9. The molecule has 18 rings (SSSR count). The summed E-state index contributed by atoms with van der Waals surface area (Å²) in [7, 11) is -18.9. The second-order valence-corrected chi connectivity index (χ2v) is 42.1. The number of amides is 6. The highest BCUT2D eigenvalue weighted by molar-refractivity contribution is 7.60. The van der Waals surface area contributed by atoms with Crippen LogP contribution in [0.1, 0.15) is 157 Å². The van der Waals surface area contributed by atoms with E-state index >= 15 is 0 Å². The van der Waals surface area contributed by atoms with Crippen LogP contribution in [0.3, 0.4) is 0 Å². The number of alkyl carbamates (subject to hydrolysis) is 2. The Hall–Kier alpha value is -12.7. The number of aromatic nitrogens is 8. The third kappa shape index (κ3) is 23.8. The van der Waals surface area contributed by atoms with Gasteiger partial charge >= 0.3 is 27.8 Å². The number of benzene rings is 6. The molecule has 14 N–H and O–H groups in total. The Morgan fingerprint density at radius 2 is 0.919 bits per heavy atom. The summed E-state index contributed by atoms with van der Waals surface area (Å²) in [4.78, 5) is 173. The number of phosphoric ester groups is 2. The Kier molecular flexibility index (Phi) is 32.7. The zero-order chi connectivity index (χ0) is 105. The number of aliphatic hydroxyl groups is 2. The van der Waals surface area contributed by atoms with E-state index in [1.807, 2.05) is 48.5 Å². The quantitative estimate of drug-likeness (QED) is 0.0152. The molecule has 4 unspecified atom stereocenters. The molecular formula is C96H116N20O28P4. The zero-order valence-corrected chi connectivity index (χ0v) is 85.4. The number of nitrogens with zero attached hydrogens (tertiary/aromatic N) is 14. The van der Waals surface area contributed by atoms with E-state index in [1.165, 1.54) is 66.1 Å². The number of carbonyl (C=O) groups is 6. The minimum absolute atomic E-state index is 0.00140. The van der Waals surface area contributed by atoms with Crippen LogP contribution in [0.15, 0.2) is 122 Å². The summed E-state index contributed by atoms with van der Waals surface area (Å²) < 4.78 is 107. The van der Waals surface area contributed by atoms with Gasteiger partial charge in [-0.05, 0) is 138 Å². The normalized spacial score (nSPS) is 20.6. The zero-order valence-electron chi connectivity index (χ0n) is 81.8. The summed E-state index contributed by atoms with van der Waals surface area (Å²) in [5.74, 6) is 1.94. The van der Waals surface area contributed by atoms with Gasteiger partial charge in [-0.1, -0.05) is 36.4 Å².